The minimum absolute atomic E-state index is 0.00860. The van der Waals surface area contributed by atoms with E-state index in [4.69, 9.17) is 0 Å². The topological polar surface area (TPSA) is 61.9 Å². The van der Waals surface area contributed by atoms with Gasteiger partial charge in [0.15, 0.2) is 0 Å². The SMILES string of the molecule is CC/C=C(/C#N)CN1Cc2c(cccc2-c2ccc3cnn(C)c3c2)C1=O. The molecule has 3 aromatic rings. The summed E-state index contributed by atoms with van der Waals surface area (Å²) in [6, 6.07) is 14.3. The summed E-state index contributed by atoms with van der Waals surface area (Å²) < 4.78 is 1.86. The summed E-state index contributed by atoms with van der Waals surface area (Å²) in [6.07, 6.45) is 4.52. The molecule has 1 aromatic heterocycles. The Hall–Kier alpha value is -3.39. The number of carbonyl (C=O) groups excluding carboxylic acids is 1. The first-order chi connectivity index (χ1) is 13.1. The summed E-state index contributed by atoms with van der Waals surface area (Å²) in [6.45, 7) is 2.87. The second-order valence-electron chi connectivity index (χ2n) is 6.78. The van der Waals surface area contributed by atoms with Gasteiger partial charge < -0.3 is 4.90 Å². The molecule has 134 valence electrons. The highest BCUT2D eigenvalue weighted by Crippen LogP contribution is 2.34. The number of rotatable bonds is 4. The Morgan fingerprint density at radius 3 is 2.89 bits per heavy atom. The predicted molar refractivity (Wildman–Crippen MR) is 105 cm³/mol. The van der Waals surface area contributed by atoms with Crippen molar-refractivity contribution in [1.82, 2.24) is 14.7 Å². The number of aromatic nitrogens is 2. The van der Waals surface area contributed by atoms with E-state index in [0.29, 0.717) is 18.7 Å². The van der Waals surface area contributed by atoms with Crippen molar-refractivity contribution in [2.24, 2.45) is 7.05 Å². The molecule has 0 aliphatic carbocycles. The van der Waals surface area contributed by atoms with Crippen LogP contribution in [0, 0.1) is 11.3 Å². The van der Waals surface area contributed by atoms with Gasteiger partial charge in [0.2, 0.25) is 0 Å². The van der Waals surface area contributed by atoms with E-state index in [9.17, 15) is 10.1 Å². The van der Waals surface area contributed by atoms with Gasteiger partial charge in [0, 0.05) is 30.1 Å². The van der Waals surface area contributed by atoms with Crippen LogP contribution in [0.1, 0.15) is 29.3 Å². The van der Waals surface area contributed by atoms with Gasteiger partial charge in [-0.25, -0.2) is 0 Å². The molecule has 0 saturated carbocycles. The van der Waals surface area contributed by atoms with Crippen molar-refractivity contribution >= 4 is 16.8 Å². The van der Waals surface area contributed by atoms with Crippen molar-refractivity contribution in [3.63, 3.8) is 0 Å². The lowest BCUT2D eigenvalue weighted by molar-refractivity contribution is 0.0794. The molecule has 1 aliphatic rings. The molecule has 0 bridgehead atoms. The quantitative estimate of drug-likeness (QED) is 0.662. The van der Waals surface area contributed by atoms with E-state index in [1.54, 1.807) is 4.90 Å². The smallest absolute Gasteiger partial charge is 0.254 e. The van der Waals surface area contributed by atoms with E-state index in [0.717, 1.165) is 39.6 Å². The van der Waals surface area contributed by atoms with Crippen molar-refractivity contribution < 1.29 is 4.79 Å². The Bertz CT molecular complexity index is 1120. The lowest BCUT2D eigenvalue weighted by Crippen LogP contribution is -2.25. The van der Waals surface area contributed by atoms with Crippen molar-refractivity contribution in [3.05, 3.63) is 65.4 Å². The molecule has 0 atom stereocenters. The maximum atomic E-state index is 12.8. The van der Waals surface area contributed by atoms with E-state index in [-0.39, 0.29) is 5.91 Å². The van der Waals surface area contributed by atoms with Gasteiger partial charge in [-0.2, -0.15) is 10.4 Å². The second-order valence-corrected chi connectivity index (χ2v) is 6.78. The van der Waals surface area contributed by atoms with E-state index in [2.05, 4.69) is 35.4 Å². The van der Waals surface area contributed by atoms with Crippen LogP contribution in [-0.2, 0) is 13.6 Å². The van der Waals surface area contributed by atoms with Crippen LogP contribution in [0.5, 0.6) is 0 Å². The summed E-state index contributed by atoms with van der Waals surface area (Å²) in [5.41, 5.74) is 5.58. The lowest BCUT2D eigenvalue weighted by atomic mass is 9.96. The molecule has 2 aromatic carbocycles. The van der Waals surface area contributed by atoms with Crippen molar-refractivity contribution in [1.29, 1.82) is 5.26 Å². The summed E-state index contributed by atoms with van der Waals surface area (Å²) in [5.74, 6) is -0.00860. The molecule has 0 spiro atoms. The zero-order valence-corrected chi connectivity index (χ0v) is 15.4. The highest BCUT2D eigenvalue weighted by molar-refractivity contribution is 6.01. The predicted octanol–water partition coefficient (Wildman–Crippen LogP) is 4.06. The molecule has 0 fully saturated rings. The minimum Gasteiger partial charge on any atom is -0.329 e. The van der Waals surface area contributed by atoms with Gasteiger partial charge in [-0.1, -0.05) is 37.3 Å². The summed E-state index contributed by atoms with van der Waals surface area (Å²) in [7, 11) is 1.93. The second kappa shape index (κ2) is 6.73. The molecule has 5 nitrogen and oxygen atoms in total. The van der Waals surface area contributed by atoms with Crippen LogP contribution in [0.4, 0.5) is 0 Å². The number of hydrogen-bond donors (Lipinski definition) is 0. The standard InChI is InChI=1S/C22H20N4O/c1-3-5-15(11-23)13-26-14-20-18(6-4-7-19(20)22(26)27)16-8-9-17-12-24-25(2)21(17)10-16/h4-10,12H,3,13-14H2,1-2H3/b15-5-. The monoisotopic (exact) mass is 356 g/mol. The molecule has 5 heteroatoms. The Kier molecular flexibility index (Phi) is 4.25. The number of aryl methyl sites for hydroxylation is 1. The summed E-state index contributed by atoms with van der Waals surface area (Å²) in [4.78, 5) is 14.6. The van der Waals surface area contributed by atoms with E-state index in [1.165, 1.54) is 0 Å². The first-order valence-electron chi connectivity index (χ1n) is 9.04. The largest absolute Gasteiger partial charge is 0.329 e. The number of amides is 1. The van der Waals surface area contributed by atoms with Crippen molar-refractivity contribution in [3.8, 4) is 17.2 Å². The summed E-state index contributed by atoms with van der Waals surface area (Å²) in [5, 5.41) is 14.7. The lowest BCUT2D eigenvalue weighted by Gasteiger charge is -2.15. The third-order valence-electron chi connectivity index (χ3n) is 5.06. The van der Waals surface area contributed by atoms with Crippen LogP contribution in [0.3, 0.4) is 0 Å². The molecule has 0 radical (unpaired) electrons. The number of nitrogens with zero attached hydrogens (tertiary/aromatic N) is 4. The Morgan fingerprint density at radius 2 is 2.11 bits per heavy atom. The zero-order chi connectivity index (χ0) is 19.0. The van der Waals surface area contributed by atoms with Gasteiger partial charge in [0.05, 0.1) is 24.3 Å². The molecular formula is C22H20N4O. The number of nitriles is 1. The van der Waals surface area contributed by atoms with Crippen molar-refractivity contribution in [2.75, 3.05) is 6.54 Å². The number of allylic oxidation sites excluding steroid dienone is 1. The van der Waals surface area contributed by atoms with E-state index in [1.807, 2.05) is 43.1 Å². The average molecular weight is 356 g/mol. The number of carbonyl (C=O) groups is 1. The molecule has 0 unspecified atom stereocenters. The van der Waals surface area contributed by atoms with Crippen LogP contribution in [-0.4, -0.2) is 27.1 Å². The highest BCUT2D eigenvalue weighted by atomic mass is 16.2. The van der Waals surface area contributed by atoms with Crippen LogP contribution < -0.4 is 0 Å². The Labute approximate surface area is 158 Å². The first-order valence-corrected chi connectivity index (χ1v) is 9.04. The molecular weight excluding hydrogens is 336 g/mol. The van der Waals surface area contributed by atoms with Gasteiger partial charge in [0.1, 0.15) is 0 Å². The van der Waals surface area contributed by atoms with Crippen LogP contribution in [0.15, 0.2) is 54.2 Å². The van der Waals surface area contributed by atoms with Gasteiger partial charge in [0.25, 0.3) is 5.91 Å². The number of fused-ring (bicyclic) bond motifs is 2. The van der Waals surface area contributed by atoms with E-state index < -0.39 is 0 Å². The molecule has 1 aliphatic heterocycles. The third kappa shape index (κ3) is 2.89. The van der Waals surface area contributed by atoms with Gasteiger partial charge in [-0.05, 0) is 35.2 Å². The van der Waals surface area contributed by atoms with Crippen LogP contribution in [0.25, 0.3) is 22.0 Å². The molecule has 1 amide bonds. The fraction of sp³-hybridized carbons (Fsp3) is 0.227. The van der Waals surface area contributed by atoms with E-state index >= 15 is 0 Å². The fourth-order valence-electron chi connectivity index (χ4n) is 3.70. The fourth-order valence-corrected chi connectivity index (χ4v) is 3.70. The van der Waals surface area contributed by atoms with Crippen LogP contribution >= 0.6 is 0 Å². The first kappa shape index (κ1) is 17.0. The van der Waals surface area contributed by atoms with Crippen molar-refractivity contribution in [2.45, 2.75) is 19.9 Å². The van der Waals surface area contributed by atoms with Gasteiger partial charge >= 0.3 is 0 Å². The molecule has 0 N–H and O–H groups in total. The Morgan fingerprint density at radius 1 is 1.30 bits per heavy atom. The number of hydrogen-bond acceptors (Lipinski definition) is 3. The third-order valence-corrected chi connectivity index (χ3v) is 5.06. The average Bonchev–Trinajstić information content (AvgIpc) is 3.21. The maximum absolute atomic E-state index is 12.8. The normalized spacial score (nSPS) is 13.9. The Balaban J connectivity index is 1.73. The zero-order valence-electron chi connectivity index (χ0n) is 15.4. The maximum Gasteiger partial charge on any atom is 0.254 e. The number of benzene rings is 2. The minimum atomic E-state index is -0.00860. The molecule has 2 heterocycles. The molecule has 0 saturated heterocycles. The summed E-state index contributed by atoms with van der Waals surface area (Å²) >= 11 is 0. The highest BCUT2D eigenvalue weighted by Gasteiger charge is 2.29. The van der Waals surface area contributed by atoms with Gasteiger partial charge in [-0.15, -0.1) is 0 Å². The van der Waals surface area contributed by atoms with Gasteiger partial charge in [-0.3, -0.25) is 9.48 Å². The molecule has 4 rings (SSSR count). The molecule has 27 heavy (non-hydrogen) atoms. The van der Waals surface area contributed by atoms with Crippen LogP contribution in [0.2, 0.25) is 0 Å².